The van der Waals surface area contributed by atoms with Crippen LogP contribution >= 0.6 is 12.4 Å². The molecular formula is C10H18ClN3. The van der Waals surface area contributed by atoms with Gasteiger partial charge in [0.2, 0.25) is 0 Å². The molecule has 1 fully saturated rings. The van der Waals surface area contributed by atoms with Crippen molar-refractivity contribution in [2.45, 2.75) is 32.7 Å². The van der Waals surface area contributed by atoms with Gasteiger partial charge in [0.1, 0.15) is 5.82 Å². The lowest BCUT2D eigenvalue weighted by Crippen LogP contribution is -2.37. The zero-order valence-corrected chi connectivity index (χ0v) is 9.36. The van der Waals surface area contributed by atoms with Crippen LogP contribution in [-0.2, 0) is 6.54 Å². The van der Waals surface area contributed by atoms with Gasteiger partial charge in [-0.05, 0) is 18.3 Å². The highest BCUT2D eigenvalue weighted by Crippen LogP contribution is 2.39. The van der Waals surface area contributed by atoms with Crippen LogP contribution in [0.5, 0.6) is 0 Å². The van der Waals surface area contributed by atoms with Gasteiger partial charge in [-0.1, -0.05) is 13.3 Å². The van der Waals surface area contributed by atoms with Gasteiger partial charge in [0.25, 0.3) is 0 Å². The first-order valence-electron chi connectivity index (χ1n) is 4.98. The van der Waals surface area contributed by atoms with E-state index in [-0.39, 0.29) is 12.4 Å². The number of aromatic nitrogens is 2. The number of nitrogens with one attached hydrogen (secondary N) is 2. The lowest BCUT2D eigenvalue weighted by molar-refractivity contribution is 0.156. The molecule has 80 valence electrons. The van der Waals surface area contributed by atoms with Gasteiger partial charge >= 0.3 is 0 Å². The van der Waals surface area contributed by atoms with Gasteiger partial charge in [-0.2, -0.15) is 0 Å². The Hall–Kier alpha value is -0.540. The largest absolute Gasteiger partial charge is 0.348 e. The first kappa shape index (κ1) is 11.5. The molecule has 2 N–H and O–H groups in total. The molecule has 4 heteroatoms. The number of nitrogens with zero attached hydrogens (tertiary/aromatic N) is 1. The topological polar surface area (TPSA) is 40.7 Å². The van der Waals surface area contributed by atoms with Crippen LogP contribution in [0, 0.1) is 5.41 Å². The fourth-order valence-electron chi connectivity index (χ4n) is 1.83. The predicted molar refractivity (Wildman–Crippen MR) is 59.5 cm³/mol. The molecule has 1 heterocycles. The van der Waals surface area contributed by atoms with Crippen molar-refractivity contribution >= 4 is 12.4 Å². The highest BCUT2D eigenvalue weighted by atomic mass is 35.5. The van der Waals surface area contributed by atoms with E-state index in [1.54, 1.807) is 6.20 Å². The fourth-order valence-corrected chi connectivity index (χ4v) is 1.83. The van der Waals surface area contributed by atoms with E-state index in [1.165, 1.54) is 19.3 Å². The lowest BCUT2D eigenvalue weighted by atomic mass is 9.70. The standard InChI is InChI=1S/C10H17N3.ClH/c1-10(3-2-4-10)8-11-7-9-12-5-6-13-9;/h5-6,11H,2-4,7-8H2,1H3,(H,12,13);1H. The van der Waals surface area contributed by atoms with Crippen molar-refractivity contribution in [2.24, 2.45) is 5.41 Å². The number of hydrogen-bond acceptors (Lipinski definition) is 2. The molecule has 1 saturated carbocycles. The summed E-state index contributed by atoms with van der Waals surface area (Å²) in [5, 5.41) is 3.44. The maximum absolute atomic E-state index is 4.16. The smallest absolute Gasteiger partial charge is 0.120 e. The molecule has 0 amide bonds. The third-order valence-electron chi connectivity index (χ3n) is 2.96. The Labute approximate surface area is 91.1 Å². The van der Waals surface area contributed by atoms with Crippen molar-refractivity contribution in [3.8, 4) is 0 Å². The fraction of sp³-hybridized carbons (Fsp3) is 0.700. The molecule has 0 saturated heterocycles. The number of hydrogen-bond donors (Lipinski definition) is 2. The summed E-state index contributed by atoms with van der Waals surface area (Å²) in [5.41, 5.74) is 0.562. The van der Waals surface area contributed by atoms with Crippen LogP contribution in [0.4, 0.5) is 0 Å². The number of aromatic amines is 1. The van der Waals surface area contributed by atoms with Gasteiger partial charge in [-0.3, -0.25) is 0 Å². The van der Waals surface area contributed by atoms with E-state index in [0.717, 1.165) is 18.9 Å². The van der Waals surface area contributed by atoms with Gasteiger partial charge in [-0.25, -0.2) is 4.98 Å². The molecule has 3 nitrogen and oxygen atoms in total. The van der Waals surface area contributed by atoms with Crippen LogP contribution in [0.15, 0.2) is 12.4 Å². The van der Waals surface area contributed by atoms with E-state index >= 15 is 0 Å². The quantitative estimate of drug-likeness (QED) is 0.808. The van der Waals surface area contributed by atoms with Crippen molar-refractivity contribution in [3.63, 3.8) is 0 Å². The van der Waals surface area contributed by atoms with E-state index in [0.29, 0.717) is 5.41 Å². The summed E-state index contributed by atoms with van der Waals surface area (Å²) in [7, 11) is 0. The Balaban J connectivity index is 0.000000980. The van der Waals surface area contributed by atoms with Crippen LogP contribution in [0.3, 0.4) is 0 Å². The molecule has 0 spiro atoms. The Morgan fingerprint density at radius 3 is 2.86 bits per heavy atom. The second-order valence-electron chi connectivity index (χ2n) is 4.30. The normalized spacial score (nSPS) is 18.4. The molecule has 1 aliphatic carbocycles. The van der Waals surface area contributed by atoms with Gasteiger partial charge < -0.3 is 10.3 Å². The minimum atomic E-state index is 0. The summed E-state index contributed by atoms with van der Waals surface area (Å²) in [6, 6.07) is 0. The van der Waals surface area contributed by atoms with Crippen LogP contribution in [0.2, 0.25) is 0 Å². The molecule has 1 aliphatic rings. The summed E-state index contributed by atoms with van der Waals surface area (Å²) < 4.78 is 0. The Kier molecular flexibility index (Phi) is 3.96. The Bertz CT molecular complexity index is 254. The SMILES string of the molecule is CC1(CNCc2ncc[nH]2)CCC1.Cl. The number of halogens is 1. The number of imidazole rings is 1. The zero-order chi connectivity index (χ0) is 9.15. The first-order valence-corrected chi connectivity index (χ1v) is 4.98. The molecule has 0 aliphatic heterocycles. The van der Waals surface area contributed by atoms with E-state index in [2.05, 4.69) is 22.2 Å². The molecule has 0 aromatic carbocycles. The van der Waals surface area contributed by atoms with Crippen molar-refractivity contribution in [1.82, 2.24) is 15.3 Å². The molecule has 0 atom stereocenters. The first-order chi connectivity index (χ1) is 6.29. The van der Waals surface area contributed by atoms with Crippen molar-refractivity contribution in [1.29, 1.82) is 0 Å². The zero-order valence-electron chi connectivity index (χ0n) is 8.55. The van der Waals surface area contributed by atoms with Gasteiger partial charge in [0.05, 0.1) is 6.54 Å². The monoisotopic (exact) mass is 215 g/mol. The minimum absolute atomic E-state index is 0. The summed E-state index contributed by atoms with van der Waals surface area (Å²) in [4.78, 5) is 7.25. The molecule has 2 rings (SSSR count). The van der Waals surface area contributed by atoms with Crippen molar-refractivity contribution in [2.75, 3.05) is 6.54 Å². The molecule has 0 radical (unpaired) electrons. The number of H-pyrrole nitrogens is 1. The van der Waals surface area contributed by atoms with Crippen LogP contribution in [0.1, 0.15) is 32.0 Å². The minimum Gasteiger partial charge on any atom is -0.348 e. The second-order valence-corrected chi connectivity index (χ2v) is 4.30. The summed E-state index contributed by atoms with van der Waals surface area (Å²) in [6.45, 7) is 4.34. The summed E-state index contributed by atoms with van der Waals surface area (Å²) in [6.07, 6.45) is 7.80. The maximum atomic E-state index is 4.16. The van der Waals surface area contributed by atoms with E-state index in [1.807, 2.05) is 6.20 Å². The van der Waals surface area contributed by atoms with Crippen LogP contribution in [0.25, 0.3) is 0 Å². The van der Waals surface area contributed by atoms with Crippen LogP contribution < -0.4 is 5.32 Å². The highest BCUT2D eigenvalue weighted by Gasteiger charge is 2.30. The average molecular weight is 216 g/mol. The van der Waals surface area contributed by atoms with Gasteiger partial charge in [0.15, 0.2) is 0 Å². The predicted octanol–water partition coefficient (Wildman–Crippen LogP) is 2.11. The summed E-state index contributed by atoms with van der Waals surface area (Å²) in [5.74, 6) is 1.03. The molecule has 0 unspecified atom stereocenters. The van der Waals surface area contributed by atoms with E-state index in [9.17, 15) is 0 Å². The maximum Gasteiger partial charge on any atom is 0.120 e. The second kappa shape index (κ2) is 4.80. The van der Waals surface area contributed by atoms with E-state index in [4.69, 9.17) is 0 Å². The van der Waals surface area contributed by atoms with Crippen LogP contribution in [-0.4, -0.2) is 16.5 Å². The molecular weight excluding hydrogens is 198 g/mol. The van der Waals surface area contributed by atoms with Gasteiger partial charge in [-0.15, -0.1) is 12.4 Å². The Morgan fingerprint density at radius 2 is 2.36 bits per heavy atom. The van der Waals surface area contributed by atoms with Crippen molar-refractivity contribution in [3.05, 3.63) is 18.2 Å². The van der Waals surface area contributed by atoms with Crippen molar-refractivity contribution < 1.29 is 0 Å². The number of rotatable bonds is 4. The Morgan fingerprint density at radius 1 is 1.57 bits per heavy atom. The molecule has 1 aromatic rings. The third-order valence-corrected chi connectivity index (χ3v) is 2.96. The highest BCUT2D eigenvalue weighted by molar-refractivity contribution is 5.85. The van der Waals surface area contributed by atoms with E-state index < -0.39 is 0 Å². The lowest BCUT2D eigenvalue weighted by Gasteiger charge is -2.38. The molecule has 1 aromatic heterocycles. The third kappa shape index (κ3) is 2.72. The average Bonchev–Trinajstić information content (AvgIpc) is 2.54. The molecule has 0 bridgehead atoms. The summed E-state index contributed by atoms with van der Waals surface area (Å²) >= 11 is 0. The van der Waals surface area contributed by atoms with Gasteiger partial charge in [0, 0.05) is 18.9 Å². The molecule has 14 heavy (non-hydrogen) atoms.